The first-order valence-corrected chi connectivity index (χ1v) is 10.6. The van der Waals surface area contributed by atoms with Gasteiger partial charge in [0.1, 0.15) is 17.3 Å². The number of alkyl halides is 3. The molecular formula is C23H23F3N6O2. The molecule has 1 aliphatic rings. The molecule has 4 rings (SSSR count). The van der Waals surface area contributed by atoms with E-state index in [-0.39, 0.29) is 11.5 Å². The first kappa shape index (κ1) is 23.3. The fourth-order valence-electron chi connectivity index (χ4n) is 3.56. The van der Waals surface area contributed by atoms with Crippen LogP contribution in [0.2, 0.25) is 0 Å². The summed E-state index contributed by atoms with van der Waals surface area (Å²) in [6, 6.07) is 11.3. The maximum Gasteiger partial charge on any atom is 0.433 e. The summed E-state index contributed by atoms with van der Waals surface area (Å²) >= 11 is 0. The summed E-state index contributed by atoms with van der Waals surface area (Å²) < 4.78 is 43.3. The minimum absolute atomic E-state index is 0.124. The molecular weight excluding hydrogens is 449 g/mol. The minimum atomic E-state index is -4.54. The normalized spacial score (nSPS) is 14.1. The van der Waals surface area contributed by atoms with Crippen LogP contribution in [0.25, 0.3) is 0 Å². The van der Waals surface area contributed by atoms with E-state index in [1.54, 1.807) is 12.0 Å². The number of carbonyl (C=O) groups excluding carboxylic acids is 1. The molecule has 0 aliphatic carbocycles. The van der Waals surface area contributed by atoms with Crippen LogP contribution in [0, 0.1) is 6.92 Å². The number of hydrogen-bond donors (Lipinski definition) is 1. The Hall–Kier alpha value is -3.89. The maximum atomic E-state index is 12.7. The predicted molar refractivity (Wildman–Crippen MR) is 120 cm³/mol. The summed E-state index contributed by atoms with van der Waals surface area (Å²) in [4.78, 5) is 28.8. The fraction of sp³-hybridized carbons (Fsp3) is 0.304. The number of methoxy groups -OCH3 is 1. The second kappa shape index (κ2) is 9.54. The predicted octanol–water partition coefficient (Wildman–Crippen LogP) is 3.91. The van der Waals surface area contributed by atoms with Crippen LogP contribution in [0.4, 0.5) is 30.6 Å². The van der Waals surface area contributed by atoms with Crippen molar-refractivity contribution in [1.82, 2.24) is 19.9 Å². The molecule has 3 heterocycles. The second-order valence-electron chi connectivity index (χ2n) is 7.76. The number of halogens is 3. The number of hydrogen-bond acceptors (Lipinski definition) is 7. The van der Waals surface area contributed by atoms with Crippen LogP contribution in [0.3, 0.4) is 0 Å². The highest BCUT2D eigenvalue weighted by atomic mass is 19.4. The zero-order valence-electron chi connectivity index (χ0n) is 18.6. The van der Waals surface area contributed by atoms with Crippen molar-refractivity contribution in [3.63, 3.8) is 0 Å². The van der Waals surface area contributed by atoms with Gasteiger partial charge in [-0.15, -0.1) is 0 Å². The number of amides is 1. The van der Waals surface area contributed by atoms with E-state index in [1.165, 1.54) is 0 Å². The van der Waals surface area contributed by atoms with Gasteiger partial charge in [0, 0.05) is 49.8 Å². The number of rotatable bonds is 5. The molecule has 178 valence electrons. The third kappa shape index (κ3) is 5.36. The van der Waals surface area contributed by atoms with Crippen LogP contribution >= 0.6 is 0 Å². The molecule has 0 radical (unpaired) electrons. The van der Waals surface area contributed by atoms with Crippen LogP contribution < -0.4 is 15.0 Å². The van der Waals surface area contributed by atoms with Crippen LogP contribution in [-0.2, 0) is 6.18 Å². The van der Waals surface area contributed by atoms with Crippen LogP contribution in [0.15, 0.2) is 48.7 Å². The molecule has 0 spiro atoms. The third-order valence-corrected chi connectivity index (χ3v) is 5.36. The van der Waals surface area contributed by atoms with Gasteiger partial charge in [-0.2, -0.15) is 18.2 Å². The Kier molecular flexibility index (Phi) is 6.53. The summed E-state index contributed by atoms with van der Waals surface area (Å²) in [6.07, 6.45) is -3.57. The summed E-state index contributed by atoms with van der Waals surface area (Å²) in [5.74, 6) is 1.58. The third-order valence-electron chi connectivity index (χ3n) is 5.36. The molecule has 0 saturated carbocycles. The smallest absolute Gasteiger partial charge is 0.433 e. The second-order valence-corrected chi connectivity index (χ2v) is 7.76. The van der Waals surface area contributed by atoms with Crippen LogP contribution in [0.1, 0.15) is 21.7 Å². The van der Waals surface area contributed by atoms with E-state index in [0.29, 0.717) is 37.9 Å². The summed E-state index contributed by atoms with van der Waals surface area (Å²) in [6.45, 7) is 3.63. The Morgan fingerprint density at radius 1 is 1.03 bits per heavy atom. The maximum absolute atomic E-state index is 12.7. The van der Waals surface area contributed by atoms with E-state index in [9.17, 15) is 18.0 Å². The molecule has 1 fully saturated rings. The van der Waals surface area contributed by atoms with E-state index in [0.717, 1.165) is 35.5 Å². The molecule has 1 aliphatic heterocycles. The van der Waals surface area contributed by atoms with Gasteiger partial charge in [0.15, 0.2) is 0 Å². The quantitative estimate of drug-likeness (QED) is 0.603. The topological polar surface area (TPSA) is 83.5 Å². The summed E-state index contributed by atoms with van der Waals surface area (Å²) in [7, 11) is 1.61. The van der Waals surface area contributed by atoms with E-state index >= 15 is 0 Å². The Bertz CT molecular complexity index is 1140. The molecule has 0 bridgehead atoms. The lowest BCUT2D eigenvalue weighted by atomic mass is 10.2. The number of nitrogens with zero attached hydrogens (tertiary/aromatic N) is 5. The number of piperazine rings is 1. The highest BCUT2D eigenvalue weighted by Crippen LogP contribution is 2.27. The molecule has 2 aromatic heterocycles. The fourth-order valence-corrected chi connectivity index (χ4v) is 3.56. The van der Waals surface area contributed by atoms with Gasteiger partial charge in [-0.1, -0.05) is 0 Å². The first-order valence-electron chi connectivity index (χ1n) is 10.6. The average Bonchev–Trinajstić information content (AvgIpc) is 2.83. The van der Waals surface area contributed by atoms with Crippen molar-refractivity contribution in [2.24, 2.45) is 0 Å². The number of ether oxygens (including phenoxy) is 1. The van der Waals surface area contributed by atoms with Gasteiger partial charge in [-0.3, -0.25) is 9.78 Å². The van der Waals surface area contributed by atoms with Crippen molar-refractivity contribution in [1.29, 1.82) is 0 Å². The molecule has 1 amide bonds. The Morgan fingerprint density at radius 3 is 2.32 bits per heavy atom. The van der Waals surface area contributed by atoms with Crippen LogP contribution in [0.5, 0.6) is 5.75 Å². The molecule has 1 saturated heterocycles. The molecule has 0 atom stereocenters. The zero-order chi connectivity index (χ0) is 24.3. The number of pyridine rings is 1. The SMILES string of the molecule is COc1ccc(Nc2cc(C)nc(N3CCN(C(=O)c4ccc(C(F)(F)F)nc4)CC3)n2)cc1. The van der Waals surface area contributed by atoms with Gasteiger partial charge < -0.3 is 19.9 Å². The van der Waals surface area contributed by atoms with Gasteiger partial charge >= 0.3 is 6.18 Å². The number of nitrogens with one attached hydrogen (secondary N) is 1. The van der Waals surface area contributed by atoms with Gasteiger partial charge in [-0.05, 0) is 43.3 Å². The lowest BCUT2D eigenvalue weighted by Crippen LogP contribution is -2.49. The van der Waals surface area contributed by atoms with Crippen LogP contribution in [-0.4, -0.2) is 59.0 Å². The van der Waals surface area contributed by atoms with Crippen molar-refractivity contribution in [3.8, 4) is 5.75 Å². The van der Waals surface area contributed by atoms with E-state index in [2.05, 4.69) is 20.3 Å². The molecule has 3 aromatic rings. The van der Waals surface area contributed by atoms with E-state index in [4.69, 9.17) is 4.74 Å². The molecule has 11 heteroatoms. The average molecular weight is 472 g/mol. The number of aryl methyl sites for hydroxylation is 1. The van der Waals surface area contributed by atoms with E-state index < -0.39 is 11.9 Å². The number of aromatic nitrogens is 3. The summed E-state index contributed by atoms with van der Waals surface area (Å²) in [5, 5.41) is 3.25. The zero-order valence-corrected chi connectivity index (χ0v) is 18.6. The van der Waals surface area contributed by atoms with Crippen molar-refractivity contribution >= 4 is 23.4 Å². The Balaban J connectivity index is 1.40. The van der Waals surface area contributed by atoms with Gasteiger partial charge in [-0.25, -0.2) is 4.98 Å². The van der Waals surface area contributed by atoms with E-state index in [1.807, 2.05) is 42.2 Å². The lowest BCUT2D eigenvalue weighted by Gasteiger charge is -2.35. The highest BCUT2D eigenvalue weighted by Gasteiger charge is 2.32. The highest BCUT2D eigenvalue weighted by molar-refractivity contribution is 5.94. The minimum Gasteiger partial charge on any atom is -0.497 e. The molecule has 34 heavy (non-hydrogen) atoms. The van der Waals surface area contributed by atoms with Gasteiger partial charge in [0.05, 0.1) is 12.7 Å². The Morgan fingerprint density at radius 2 is 1.74 bits per heavy atom. The largest absolute Gasteiger partial charge is 0.497 e. The van der Waals surface area contributed by atoms with Gasteiger partial charge in [0.2, 0.25) is 5.95 Å². The van der Waals surface area contributed by atoms with Crippen molar-refractivity contribution < 1.29 is 22.7 Å². The number of anilines is 3. The number of benzene rings is 1. The first-order chi connectivity index (χ1) is 16.2. The molecule has 1 N–H and O–H groups in total. The molecule has 8 nitrogen and oxygen atoms in total. The van der Waals surface area contributed by atoms with Crippen molar-refractivity contribution in [2.45, 2.75) is 13.1 Å². The monoisotopic (exact) mass is 472 g/mol. The lowest BCUT2D eigenvalue weighted by molar-refractivity contribution is -0.141. The van der Waals surface area contributed by atoms with Crippen molar-refractivity contribution in [3.05, 3.63) is 65.6 Å². The van der Waals surface area contributed by atoms with Gasteiger partial charge in [0.25, 0.3) is 5.91 Å². The molecule has 1 aromatic carbocycles. The Labute approximate surface area is 194 Å². The number of carbonyl (C=O) groups is 1. The van der Waals surface area contributed by atoms with Crippen molar-refractivity contribution in [2.75, 3.05) is 43.5 Å². The summed E-state index contributed by atoms with van der Waals surface area (Å²) in [5.41, 5.74) is 0.740. The standard InChI is InChI=1S/C23H23F3N6O2/c1-15-13-20(29-17-4-6-18(34-2)7-5-17)30-22(28-15)32-11-9-31(10-12-32)21(33)16-3-8-19(27-14-16)23(24,25)26/h3-8,13-14H,9-12H2,1-2H3,(H,28,29,30). The molecule has 0 unspecified atom stereocenters.